The molecule has 3 aliphatic rings. The molecule has 2 aliphatic carbocycles. The van der Waals surface area contributed by atoms with Crippen molar-refractivity contribution in [3.05, 3.63) is 23.9 Å². The van der Waals surface area contributed by atoms with E-state index in [1.807, 2.05) is 13.8 Å². The second-order valence-electron chi connectivity index (χ2n) is 8.75. The molecular formula is C20H26N4O4. The molecule has 3 fully saturated rings. The van der Waals surface area contributed by atoms with Gasteiger partial charge in [0, 0.05) is 18.8 Å². The minimum absolute atomic E-state index is 0.00542. The van der Waals surface area contributed by atoms with Crippen LogP contribution in [-0.2, 0) is 4.79 Å². The van der Waals surface area contributed by atoms with Gasteiger partial charge in [-0.25, -0.2) is 9.78 Å². The van der Waals surface area contributed by atoms with E-state index in [9.17, 15) is 14.4 Å². The lowest BCUT2D eigenvalue weighted by Gasteiger charge is -2.58. The Labute approximate surface area is 164 Å². The van der Waals surface area contributed by atoms with Gasteiger partial charge in [0.1, 0.15) is 18.2 Å². The lowest BCUT2D eigenvalue weighted by atomic mass is 9.52. The number of carbonyl (C=O) groups excluding carboxylic acids is 3. The zero-order chi connectivity index (χ0) is 20.1. The van der Waals surface area contributed by atoms with Crippen LogP contribution < -0.4 is 10.5 Å². The molecule has 2 N–H and O–H groups in total. The summed E-state index contributed by atoms with van der Waals surface area (Å²) in [5, 5.41) is 0. The van der Waals surface area contributed by atoms with Gasteiger partial charge in [-0.3, -0.25) is 14.5 Å². The first-order valence-corrected chi connectivity index (χ1v) is 9.80. The number of pyridine rings is 1. The molecule has 150 valence electrons. The highest BCUT2D eigenvalue weighted by Crippen LogP contribution is 2.58. The molecule has 1 aliphatic heterocycles. The standard InChI is InChI=1S/C20H26N4O4/c1-12(2)10-23-11-16(25)24(19(23)27)13-6-20(7-13)8-14(9-20)28-18-15(17(21)26)4-3-5-22-18/h3-5,12-14H,6-11H2,1-2H3,(H2,21,26). The maximum absolute atomic E-state index is 12.6. The third-order valence-electron chi connectivity index (χ3n) is 6.00. The molecule has 4 amide bonds. The summed E-state index contributed by atoms with van der Waals surface area (Å²) in [6.45, 7) is 4.89. The van der Waals surface area contributed by atoms with Crippen molar-refractivity contribution in [2.24, 2.45) is 17.1 Å². The van der Waals surface area contributed by atoms with Gasteiger partial charge in [-0.1, -0.05) is 13.8 Å². The topological polar surface area (TPSA) is 106 Å². The van der Waals surface area contributed by atoms with Crippen LogP contribution in [0.2, 0.25) is 0 Å². The highest BCUT2D eigenvalue weighted by Gasteiger charge is 2.58. The van der Waals surface area contributed by atoms with Crippen molar-refractivity contribution in [2.45, 2.75) is 51.7 Å². The number of imide groups is 1. The minimum Gasteiger partial charge on any atom is -0.474 e. The largest absolute Gasteiger partial charge is 0.474 e. The van der Waals surface area contributed by atoms with E-state index in [2.05, 4.69) is 4.98 Å². The van der Waals surface area contributed by atoms with Crippen molar-refractivity contribution in [1.82, 2.24) is 14.8 Å². The zero-order valence-electron chi connectivity index (χ0n) is 16.3. The Balaban J connectivity index is 1.31. The van der Waals surface area contributed by atoms with Crippen LogP contribution in [0.1, 0.15) is 49.9 Å². The monoisotopic (exact) mass is 386 g/mol. The molecule has 0 atom stereocenters. The van der Waals surface area contributed by atoms with Crippen LogP contribution in [0.4, 0.5) is 4.79 Å². The predicted molar refractivity (Wildman–Crippen MR) is 101 cm³/mol. The summed E-state index contributed by atoms with van der Waals surface area (Å²) < 4.78 is 5.87. The highest BCUT2D eigenvalue weighted by molar-refractivity contribution is 6.02. The van der Waals surface area contributed by atoms with Gasteiger partial charge in [-0.2, -0.15) is 0 Å². The van der Waals surface area contributed by atoms with Gasteiger partial charge < -0.3 is 15.4 Å². The second kappa shape index (κ2) is 6.76. The summed E-state index contributed by atoms with van der Waals surface area (Å²) in [6, 6.07) is 3.10. The summed E-state index contributed by atoms with van der Waals surface area (Å²) >= 11 is 0. The van der Waals surface area contributed by atoms with E-state index in [0.29, 0.717) is 12.5 Å². The fraction of sp³-hybridized carbons (Fsp3) is 0.600. The Morgan fingerprint density at radius 2 is 2.04 bits per heavy atom. The van der Waals surface area contributed by atoms with Gasteiger partial charge >= 0.3 is 6.03 Å². The smallest absolute Gasteiger partial charge is 0.327 e. The number of urea groups is 1. The van der Waals surface area contributed by atoms with Crippen LogP contribution in [0.15, 0.2) is 18.3 Å². The van der Waals surface area contributed by atoms with Crippen LogP contribution in [0, 0.1) is 11.3 Å². The lowest BCUT2D eigenvalue weighted by Crippen LogP contribution is -2.60. The third kappa shape index (κ3) is 3.21. The molecule has 1 aromatic heterocycles. The van der Waals surface area contributed by atoms with Gasteiger partial charge in [-0.15, -0.1) is 0 Å². The number of carbonyl (C=O) groups is 3. The van der Waals surface area contributed by atoms with E-state index in [0.717, 1.165) is 25.7 Å². The average Bonchev–Trinajstić information content (AvgIpc) is 2.82. The number of amides is 4. The number of hydrogen-bond donors (Lipinski definition) is 1. The maximum atomic E-state index is 12.6. The highest BCUT2D eigenvalue weighted by atomic mass is 16.5. The Morgan fingerprint density at radius 3 is 2.68 bits per heavy atom. The van der Waals surface area contributed by atoms with E-state index in [1.165, 1.54) is 4.90 Å². The molecule has 2 heterocycles. The molecule has 0 unspecified atom stereocenters. The second-order valence-corrected chi connectivity index (χ2v) is 8.75. The molecule has 0 aromatic carbocycles. The number of rotatable bonds is 6. The van der Waals surface area contributed by atoms with Crippen molar-refractivity contribution >= 4 is 17.8 Å². The summed E-state index contributed by atoms with van der Waals surface area (Å²) in [6.07, 6.45) is 4.88. The van der Waals surface area contributed by atoms with E-state index in [-0.39, 0.29) is 47.5 Å². The summed E-state index contributed by atoms with van der Waals surface area (Å²) in [4.78, 5) is 43.6. The molecule has 28 heavy (non-hydrogen) atoms. The number of nitrogens with zero attached hydrogens (tertiary/aromatic N) is 3. The summed E-state index contributed by atoms with van der Waals surface area (Å²) in [7, 11) is 0. The molecule has 8 nitrogen and oxygen atoms in total. The normalized spacial score (nSPS) is 29.2. The molecule has 1 spiro atoms. The van der Waals surface area contributed by atoms with Gasteiger partial charge in [0.2, 0.25) is 5.88 Å². The molecule has 8 heteroatoms. The van der Waals surface area contributed by atoms with E-state index in [1.54, 1.807) is 23.2 Å². The molecule has 2 saturated carbocycles. The number of aromatic nitrogens is 1. The molecule has 4 rings (SSSR count). The fourth-order valence-corrected chi connectivity index (χ4v) is 4.78. The fourth-order valence-electron chi connectivity index (χ4n) is 4.78. The van der Waals surface area contributed by atoms with Crippen LogP contribution in [0.25, 0.3) is 0 Å². The van der Waals surface area contributed by atoms with Gasteiger partial charge in [0.05, 0.1) is 0 Å². The first-order chi connectivity index (χ1) is 13.3. The number of ether oxygens (including phenoxy) is 1. The first-order valence-electron chi connectivity index (χ1n) is 9.80. The van der Waals surface area contributed by atoms with Crippen LogP contribution in [-0.4, -0.2) is 57.9 Å². The van der Waals surface area contributed by atoms with Crippen molar-refractivity contribution in [3.63, 3.8) is 0 Å². The number of hydrogen-bond acceptors (Lipinski definition) is 5. The van der Waals surface area contributed by atoms with E-state index in [4.69, 9.17) is 10.5 Å². The molecule has 1 saturated heterocycles. The Hall–Kier alpha value is -2.64. The van der Waals surface area contributed by atoms with Crippen molar-refractivity contribution in [2.75, 3.05) is 13.1 Å². The molecular weight excluding hydrogens is 360 g/mol. The minimum atomic E-state index is -0.558. The molecule has 0 bridgehead atoms. The first kappa shape index (κ1) is 18.7. The van der Waals surface area contributed by atoms with Crippen molar-refractivity contribution in [3.8, 4) is 5.88 Å². The van der Waals surface area contributed by atoms with Crippen LogP contribution in [0.3, 0.4) is 0 Å². The van der Waals surface area contributed by atoms with Gasteiger partial charge in [-0.05, 0) is 49.1 Å². The molecule has 1 aromatic rings. The van der Waals surface area contributed by atoms with Gasteiger partial charge in [0.25, 0.3) is 11.8 Å². The maximum Gasteiger partial charge on any atom is 0.327 e. The Bertz CT molecular complexity index is 810. The zero-order valence-corrected chi connectivity index (χ0v) is 16.3. The van der Waals surface area contributed by atoms with E-state index >= 15 is 0 Å². The van der Waals surface area contributed by atoms with Crippen molar-refractivity contribution in [1.29, 1.82) is 0 Å². The number of primary amides is 1. The van der Waals surface area contributed by atoms with Gasteiger partial charge in [0.15, 0.2) is 0 Å². The quantitative estimate of drug-likeness (QED) is 0.750. The van der Waals surface area contributed by atoms with Crippen LogP contribution in [0.5, 0.6) is 5.88 Å². The number of nitrogens with two attached hydrogens (primary N) is 1. The molecule has 0 radical (unpaired) electrons. The SMILES string of the molecule is CC(C)CN1CC(=O)N(C2CC3(CC(Oc4ncccc4C(N)=O)C3)C2)C1=O. The lowest BCUT2D eigenvalue weighted by molar-refractivity contribution is -0.138. The Morgan fingerprint density at radius 1 is 1.32 bits per heavy atom. The van der Waals surface area contributed by atoms with Crippen LogP contribution >= 0.6 is 0 Å². The predicted octanol–water partition coefficient (Wildman–Crippen LogP) is 1.79. The third-order valence-corrected chi connectivity index (χ3v) is 6.00. The summed E-state index contributed by atoms with van der Waals surface area (Å²) in [5.74, 6) is -0.0270. The summed E-state index contributed by atoms with van der Waals surface area (Å²) in [5.41, 5.74) is 5.78. The Kier molecular flexibility index (Phi) is 4.51. The average molecular weight is 386 g/mol. The van der Waals surface area contributed by atoms with E-state index < -0.39 is 5.91 Å². The van der Waals surface area contributed by atoms with Crippen molar-refractivity contribution < 1.29 is 19.1 Å².